The highest BCUT2D eigenvalue weighted by molar-refractivity contribution is 5.85. The smallest absolute Gasteiger partial charge is 0.129 e. The summed E-state index contributed by atoms with van der Waals surface area (Å²) in [5.74, 6) is 1.07. The molecule has 1 aliphatic rings. The molecule has 0 aromatic carbocycles. The summed E-state index contributed by atoms with van der Waals surface area (Å²) < 4.78 is 0. The summed E-state index contributed by atoms with van der Waals surface area (Å²) in [6.07, 6.45) is 2.94. The topological polar surface area (TPSA) is 24.9 Å². The van der Waals surface area contributed by atoms with Gasteiger partial charge in [0.05, 0.1) is 0 Å². The summed E-state index contributed by atoms with van der Waals surface area (Å²) in [6.45, 7) is 1.05. The van der Waals surface area contributed by atoms with Gasteiger partial charge in [0, 0.05) is 12.7 Å². The summed E-state index contributed by atoms with van der Waals surface area (Å²) >= 11 is 0. The van der Waals surface area contributed by atoms with E-state index >= 15 is 0 Å². The van der Waals surface area contributed by atoms with Gasteiger partial charge in [0.1, 0.15) is 5.82 Å². The van der Waals surface area contributed by atoms with Crippen molar-refractivity contribution >= 4 is 18.2 Å². The number of anilines is 1. The number of hydrogen-bond acceptors (Lipinski definition) is 2. The molecule has 10 heavy (non-hydrogen) atoms. The molecule has 2 nitrogen and oxygen atoms in total. The minimum absolute atomic E-state index is 0. The molecule has 0 radical (unpaired) electrons. The third-order valence-electron chi connectivity index (χ3n) is 1.58. The molecule has 0 saturated heterocycles. The van der Waals surface area contributed by atoms with Crippen molar-refractivity contribution in [3.05, 3.63) is 23.9 Å². The number of halogens is 1. The Hall–Kier alpha value is -0.760. The molecule has 0 bridgehead atoms. The van der Waals surface area contributed by atoms with Crippen LogP contribution in [0.4, 0.5) is 5.82 Å². The minimum Gasteiger partial charge on any atom is -0.370 e. The quantitative estimate of drug-likeness (QED) is 0.616. The second-order valence-electron chi connectivity index (χ2n) is 2.19. The Balaban J connectivity index is 0.000000500. The van der Waals surface area contributed by atoms with E-state index in [1.54, 1.807) is 0 Å². The molecule has 1 aromatic rings. The Morgan fingerprint density at radius 2 is 2.40 bits per heavy atom. The first-order valence-electron chi connectivity index (χ1n) is 3.14. The molecular formula is C7H9ClN2. The molecule has 0 unspecified atom stereocenters. The third kappa shape index (κ3) is 1.07. The van der Waals surface area contributed by atoms with E-state index < -0.39 is 0 Å². The van der Waals surface area contributed by atoms with Crippen molar-refractivity contribution in [3.8, 4) is 0 Å². The van der Waals surface area contributed by atoms with Crippen LogP contribution < -0.4 is 5.32 Å². The maximum absolute atomic E-state index is 4.15. The third-order valence-corrected chi connectivity index (χ3v) is 1.58. The highest BCUT2D eigenvalue weighted by Crippen LogP contribution is 2.16. The van der Waals surface area contributed by atoms with Crippen molar-refractivity contribution in [2.24, 2.45) is 0 Å². The Labute approximate surface area is 66.1 Å². The van der Waals surface area contributed by atoms with Crippen molar-refractivity contribution in [2.45, 2.75) is 6.42 Å². The van der Waals surface area contributed by atoms with Crippen molar-refractivity contribution < 1.29 is 0 Å². The SMILES string of the molecule is Cl.c1cnc2c(c1)CCN2. The van der Waals surface area contributed by atoms with Crippen molar-refractivity contribution in [2.75, 3.05) is 11.9 Å². The lowest BCUT2D eigenvalue weighted by Crippen LogP contribution is -1.92. The molecule has 54 valence electrons. The molecule has 3 heteroatoms. The number of hydrogen-bond donors (Lipinski definition) is 1. The zero-order valence-electron chi connectivity index (χ0n) is 5.50. The van der Waals surface area contributed by atoms with E-state index in [1.807, 2.05) is 12.3 Å². The van der Waals surface area contributed by atoms with Crippen LogP contribution in [0.5, 0.6) is 0 Å². The van der Waals surface area contributed by atoms with Crippen LogP contribution in [-0.4, -0.2) is 11.5 Å². The molecule has 0 aliphatic carbocycles. The lowest BCUT2D eigenvalue weighted by Gasteiger charge is -1.93. The fourth-order valence-corrected chi connectivity index (χ4v) is 1.12. The van der Waals surface area contributed by atoms with Crippen LogP contribution in [-0.2, 0) is 6.42 Å². The van der Waals surface area contributed by atoms with E-state index in [0.717, 1.165) is 18.8 Å². The molecule has 2 heterocycles. The van der Waals surface area contributed by atoms with Crippen LogP contribution in [0.3, 0.4) is 0 Å². The maximum Gasteiger partial charge on any atom is 0.129 e. The molecule has 1 N–H and O–H groups in total. The summed E-state index contributed by atoms with van der Waals surface area (Å²) in [7, 11) is 0. The number of aromatic nitrogens is 1. The van der Waals surface area contributed by atoms with Gasteiger partial charge in [-0.15, -0.1) is 12.4 Å². The van der Waals surface area contributed by atoms with Crippen LogP contribution in [0.1, 0.15) is 5.56 Å². The van der Waals surface area contributed by atoms with Gasteiger partial charge in [0.2, 0.25) is 0 Å². The number of nitrogens with zero attached hydrogens (tertiary/aromatic N) is 1. The van der Waals surface area contributed by atoms with Crippen molar-refractivity contribution in [3.63, 3.8) is 0 Å². The molecule has 0 fully saturated rings. The highest BCUT2D eigenvalue weighted by atomic mass is 35.5. The second-order valence-corrected chi connectivity index (χ2v) is 2.19. The fraction of sp³-hybridized carbons (Fsp3) is 0.286. The van der Waals surface area contributed by atoms with E-state index in [9.17, 15) is 0 Å². The Bertz CT molecular complexity index is 202. The van der Waals surface area contributed by atoms with Crippen LogP contribution in [0.25, 0.3) is 0 Å². The number of fused-ring (bicyclic) bond motifs is 1. The van der Waals surface area contributed by atoms with Gasteiger partial charge < -0.3 is 5.32 Å². The van der Waals surface area contributed by atoms with Gasteiger partial charge >= 0.3 is 0 Å². The largest absolute Gasteiger partial charge is 0.370 e. The van der Waals surface area contributed by atoms with Gasteiger partial charge in [-0.1, -0.05) is 6.07 Å². The van der Waals surface area contributed by atoms with E-state index in [4.69, 9.17) is 0 Å². The van der Waals surface area contributed by atoms with E-state index in [2.05, 4.69) is 16.4 Å². The predicted octanol–water partition coefficient (Wildman–Crippen LogP) is 1.47. The Morgan fingerprint density at radius 1 is 1.50 bits per heavy atom. The van der Waals surface area contributed by atoms with Crippen molar-refractivity contribution in [1.29, 1.82) is 0 Å². The molecular weight excluding hydrogens is 148 g/mol. The average molecular weight is 157 g/mol. The summed E-state index contributed by atoms with van der Waals surface area (Å²) in [6, 6.07) is 4.09. The zero-order chi connectivity index (χ0) is 6.10. The minimum atomic E-state index is 0. The van der Waals surface area contributed by atoms with E-state index in [0.29, 0.717) is 0 Å². The summed E-state index contributed by atoms with van der Waals surface area (Å²) in [5.41, 5.74) is 1.34. The molecule has 0 atom stereocenters. The highest BCUT2D eigenvalue weighted by Gasteiger charge is 2.07. The van der Waals surface area contributed by atoms with Gasteiger partial charge in [0.15, 0.2) is 0 Å². The van der Waals surface area contributed by atoms with Crippen LogP contribution in [0.15, 0.2) is 18.3 Å². The van der Waals surface area contributed by atoms with Gasteiger partial charge in [-0.2, -0.15) is 0 Å². The second kappa shape index (κ2) is 2.88. The maximum atomic E-state index is 4.15. The molecule has 0 saturated carbocycles. The molecule has 2 rings (SSSR count). The number of pyridine rings is 1. The molecule has 0 amide bonds. The predicted molar refractivity (Wildman–Crippen MR) is 43.7 cm³/mol. The lowest BCUT2D eigenvalue weighted by atomic mass is 10.2. The average Bonchev–Trinajstić information content (AvgIpc) is 2.33. The normalized spacial score (nSPS) is 13.2. The summed E-state index contributed by atoms with van der Waals surface area (Å²) in [4.78, 5) is 4.15. The van der Waals surface area contributed by atoms with Gasteiger partial charge in [-0.25, -0.2) is 4.98 Å². The first-order valence-corrected chi connectivity index (χ1v) is 3.14. The Kier molecular flexibility index (Phi) is 2.12. The van der Waals surface area contributed by atoms with Gasteiger partial charge in [-0.05, 0) is 18.1 Å². The number of rotatable bonds is 0. The summed E-state index contributed by atoms with van der Waals surface area (Å²) in [5, 5.41) is 3.19. The van der Waals surface area contributed by atoms with E-state index in [1.165, 1.54) is 5.56 Å². The monoisotopic (exact) mass is 156 g/mol. The first-order chi connectivity index (χ1) is 4.47. The first kappa shape index (κ1) is 7.35. The van der Waals surface area contributed by atoms with Crippen LogP contribution in [0.2, 0.25) is 0 Å². The van der Waals surface area contributed by atoms with Gasteiger partial charge in [-0.3, -0.25) is 0 Å². The van der Waals surface area contributed by atoms with Crippen LogP contribution >= 0.6 is 12.4 Å². The van der Waals surface area contributed by atoms with Gasteiger partial charge in [0.25, 0.3) is 0 Å². The molecule has 1 aliphatic heterocycles. The number of nitrogens with one attached hydrogen (secondary N) is 1. The fourth-order valence-electron chi connectivity index (χ4n) is 1.12. The van der Waals surface area contributed by atoms with Crippen LogP contribution in [0, 0.1) is 0 Å². The van der Waals surface area contributed by atoms with Crippen molar-refractivity contribution in [1.82, 2.24) is 4.98 Å². The van der Waals surface area contributed by atoms with E-state index in [-0.39, 0.29) is 12.4 Å². The lowest BCUT2D eigenvalue weighted by molar-refractivity contribution is 1.11. The standard InChI is InChI=1S/C7H8N2.ClH/c1-2-6-3-5-9-7(6)8-4-1;/h1-2,4H,3,5H2,(H,8,9);1H. The molecule has 1 aromatic heterocycles. The molecule has 0 spiro atoms. The zero-order valence-corrected chi connectivity index (χ0v) is 6.32. The Morgan fingerprint density at radius 3 is 3.20 bits per heavy atom.